The number of carbonyl (C=O) groups excluding carboxylic acids is 1. The molecule has 5 heteroatoms. The predicted molar refractivity (Wildman–Crippen MR) is 71.1 cm³/mol. The Morgan fingerprint density at radius 2 is 1.89 bits per heavy atom. The summed E-state index contributed by atoms with van der Waals surface area (Å²) >= 11 is 5.81. The highest BCUT2D eigenvalue weighted by atomic mass is 35.5. The second kappa shape index (κ2) is 6.40. The molecule has 0 aromatic heterocycles. The van der Waals surface area contributed by atoms with E-state index in [2.05, 4.69) is 5.32 Å². The van der Waals surface area contributed by atoms with Crippen LogP contribution >= 0.6 is 11.6 Å². The van der Waals surface area contributed by atoms with Gasteiger partial charge in [-0.15, -0.1) is 0 Å². The smallest absolute Gasteiger partial charge is 0.335 e. The second-order valence-electron chi connectivity index (χ2n) is 4.04. The highest BCUT2D eigenvalue weighted by Gasteiger charge is 2.15. The fourth-order valence-electron chi connectivity index (χ4n) is 1.69. The SMILES string of the molecule is CCC(CC)C(=O)Nc1cc(Cl)cc(C(=O)O)c1. The van der Waals surface area contributed by atoms with E-state index in [0.29, 0.717) is 5.69 Å². The Morgan fingerprint density at radius 3 is 2.39 bits per heavy atom. The molecule has 1 rings (SSSR count). The molecule has 0 aliphatic carbocycles. The second-order valence-corrected chi connectivity index (χ2v) is 4.47. The van der Waals surface area contributed by atoms with E-state index in [1.807, 2.05) is 13.8 Å². The zero-order valence-electron chi connectivity index (χ0n) is 10.4. The van der Waals surface area contributed by atoms with Crippen molar-refractivity contribution in [2.24, 2.45) is 5.92 Å². The fraction of sp³-hybridized carbons (Fsp3) is 0.385. The molecule has 98 valence electrons. The highest BCUT2D eigenvalue weighted by molar-refractivity contribution is 6.31. The number of aromatic carboxylic acids is 1. The highest BCUT2D eigenvalue weighted by Crippen LogP contribution is 2.20. The van der Waals surface area contributed by atoms with E-state index in [4.69, 9.17) is 16.7 Å². The van der Waals surface area contributed by atoms with Crippen LogP contribution in [-0.4, -0.2) is 17.0 Å². The maximum absolute atomic E-state index is 11.9. The molecular weight excluding hydrogens is 254 g/mol. The summed E-state index contributed by atoms with van der Waals surface area (Å²) in [5.41, 5.74) is 0.471. The van der Waals surface area contributed by atoms with Gasteiger partial charge in [0.1, 0.15) is 0 Å². The summed E-state index contributed by atoms with van der Waals surface area (Å²) in [6.45, 7) is 3.88. The first-order valence-corrected chi connectivity index (χ1v) is 6.20. The number of carboxylic acids is 1. The topological polar surface area (TPSA) is 66.4 Å². The number of rotatable bonds is 5. The van der Waals surface area contributed by atoms with E-state index in [-0.39, 0.29) is 22.4 Å². The quantitative estimate of drug-likeness (QED) is 0.861. The molecule has 0 heterocycles. The van der Waals surface area contributed by atoms with E-state index >= 15 is 0 Å². The van der Waals surface area contributed by atoms with Gasteiger partial charge in [-0.1, -0.05) is 25.4 Å². The largest absolute Gasteiger partial charge is 0.478 e. The minimum absolute atomic E-state index is 0.0577. The standard InChI is InChI=1S/C13H16ClNO3/c1-3-8(4-2)12(16)15-11-6-9(13(17)18)5-10(14)7-11/h5-8H,3-4H2,1-2H3,(H,15,16)(H,17,18). The first-order valence-electron chi connectivity index (χ1n) is 5.82. The Morgan fingerprint density at radius 1 is 1.28 bits per heavy atom. The van der Waals surface area contributed by atoms with Gasteiger partial charge in [-0.25, -0.2) is 4.79 Å². The number of hydrogen-bond acceptors (Lipinski definition) is 2. The van der Waals surface area contributed by atoms with Gasteiger partial charge in [0.25, 0.3) is 0 Å². The van der Waals surface area contributed by atoms with Gasteiger partial charge in [-0.3, -0.25) is 4.79 Å². The normalized spacial score (nSPS) is 10.4. The molecule has 0 unspecified atom stereocenters. The van der Waals surface area contributed by atoms with Crippen molar-refractivity contribution in [3.05, 3.63) is 28.8 Å². The van der Waals surface area contributed by atoms with Crippen LogP contribution in [0.15, 0.2) is 18.2 Å². The van der Waals surface area contributed by atoms with Crippen molar-refractivity contribution < 1.29 is 14.7 Å². The molecule has 0 fully saturated rings. The molecule has 18 heavy (non-hydrogen) atoms. The van der Waals surface area contributed by atoms with Crippen LogP contribution in [0.25, 0.3) is 0 Å². The molecule has 0 saturated carbocycles. The summed E-state index contributed by atoms with van der Waals surface area (Å²) in [5.74, 6) is -1.26. The molecule has 0 aliphatic heterocycles. The number of carboxylic acid groups (broad SMARTS) is 1. The zero-order valence-corrected chi connectivity index (χ0v) is 11.1. The summed E-state index contributed by atoms with van der Waals surface area (Å²) in [4.78, 5) is 22.7. The van der Waals surface area contributed by atoms with Crippen molar-refractivity contribution in [3.8, 4) is 0 Å². The van der Waals surface area contributed by atoms with Crippen molar-refractivity contribution in [2.45, 2.75) is 26.7 Å². The first-order chi connectivity index (χ1) is 8.47. The van der Waals surface area contributed by atoms with E-state index < -0.39 is 5.97 Å². The Bertz CT molecular complexity index is 456. The molecular formula is C13H16ClNO3. The van der Waals surface area contributed by atoms with Gasteiger partial charge in [0.2, 0.25) is 5.91 Å². The summed E-state index contributed by atoms with van der Waals surface area (Å²) in [5, 5.41) is 11.9. The third kappa shape index (κ3) is 3.74. The molecule has 0 atom stereocenters. The van der Waals surface area contributed by atoms with Crippen LogP contribution in [0.4, 0.5) is 5.69 Å². The van der Waals surface area contributed by atoms with E-state index in [9.17, 15) is 9.59 Å². The zero-order chi connectivity index (χ0) is 13.7. The number of halogens is 1. The van der Waals surface area contributed by atoms with Crippen molar-refractivity contribution in [1.29, 1.82) is 0 Å². The molecule has 0 spiro atoms. The van der Waals surface area contributed by atoms with E-state index in [1.165, 1.54) is 18.2 Å². The lowest BCUT2D eigenvalue weighted by Crippen LogP contribution is -2.21. The minimum atomic E-state index is -1.07. The van der Waals surface area contributed by atoms with Gasteiger partial charge in [0, 0.05) is 16.6 Å². The van der Waals surface area contributed by atoms with Gasteiger partial charge in [-0.2, -0.15) is 0 Å². The number of amides is 1. The summed E-state index contributed by atoms with van der Waals surface area (Å²) < 4.78 is 0. The van der Waals surface area contributed by atoms with Crippen LogP contribution in [0, 0.1) is 5.92 Å². The lowest BCUT2D eigenvalue weighted by Gasteiger charge is -2.13. The lowest BCUT2D eigenvalue weighted by atomic mass is 10.0. The monoisotopic (exact) mass is 269 g/mol. The number of carbonyl (C=O) groups is 2. The van der Waals surface area contributed by atoms with Gasteiger partial charge in [-0.05, 0) is 31.0 Å². The van der Waals surface area contributed by atoms with Gasteiger partial charge >= 0.3 is 5.97 Å². The molecule has 0 aliphatic rings. The third-order valence-electron chi connectivity index (χ3n) is 2.77. The minimum Gasteiger partial charge on any atom is -0.478 e. The van der Waals surface area contributed by atoms with Crippen LogP contribution in [0.3, 0.4) is 0 Å². The number of anilines is 1. The summed E-state index contributed by atoms with van der Waals surface area (Å²) in [7, 11) is 0. The number of nitrogens with one attached hydrogen (secondary N) is 1. The molecule has 0 bridgehead atoms. The van der Waals surface area contributed by atoms with Crippen molar-refractivity contribution in [1.82, 2.24) is 0 Å². The molecule has 0 radical (unpaired) electrons. The third-order valence-corrected chi connectivity index (χ3v) is 2.99. The predicted octanol–water partition coefficient (Wildman–Crippen LogP) is 3.41. The summed E-state index contributed by atoms with van der Waals surface area (Å²) in [6, 6.07) is 4.28. The molecule has 1 amide bonds. The average molecular weight is 270 g/mol. The summed E-state index contributed by atoms with van der Waals surface area (Å²) in [6.07, 6.45) is 1.49. The molecule has 1 aromatic rings. The van der Waals surface area contributed by atoms with Crippen molar-refractivity contribution in [2.75, 3.05) is 5.32 Å². The van der Waals surface area contributed by atoms with Gasteiger partial charge < -0.3 is 10.4 Å². The van der Waals surface area contributed by atoms with Crippen LogP contribution in [0.2, 0.25) is 5.02 Å². The maximum atomic E-state index is 11.9. The lowest BCUT2D eigenvalue weighted by molar-refractivity contribution is -0.120. The van der Waals surface area contributed by atoms with E-state index in [0.717, 1.165) is 12.8 Å². The average Bonchev–Trinajstić information content (AvgIpc) is 2.29. The molecule has 4 nitrogen and oxygen atoms in total. The fourth-order valence-corrected chi connectivity index (χ4v) is 1.92. The van der Waals surface area contributed by atoms with Gasteiger partial charge in [0.15, 0.2) is 0 Å². The Balaban J connectivity index is 2.90. The van der Waals surface area contributed by atoms with Crippen LogP contribution in [0.1, 0.15) is 37.0 Å². The maximum Gasteiger partial charge on any atom is 0.335 e. The van der Waals surface area contributed by atoms with Crippen molar-refractivity contribution >= 4 is 29.2 Å². The van der Waals surface area contributed by atoms with Crippen LogP contribution in [-0.2, 0) is 4.79 Å². The number of benzene rings is 1. The van der Waals surface area contributed by atoms with Crippen LogP contribution < -0.4 is 5.32 Å². The van der Waals surface area contributed by atoms with Crippen molar-refractivity contribution in [3.63, 3.8) is 0 Å². The number of hydrogen-bond donors (Lipinski definition) is 2. The Labute approximate surface area is 111 Å². The molecule has 0 saturated heterocycles. The Kier molecular flexibility index (Phi) is 5.16. The van der Waals surface area contributed by atoms with Crippen LogP contribution in [0.5, 0.6) is 0 Å². The molecule has 2 N–H and O–H groups in total. The Hall–Kier alpha value is -1.55. The van der Waals surface area contributed by atoms with E-state index in [1.54, 1.807) is 0 Å². The first kappa shape index (κ1) is 14.5. The van der Waals surface area contributed by atoms with Gasteiger partial charge in [0.05, 0.1) is 5.56 Å². The molecule has 1 aromatic carbocycles.